The Kier molecular flexibility index (Phi) is 8.84. The van der Waals surface area contributed by atoms with E-state index in [0.29, 0.717) is 30.0 Å². The number of amides is 1. The Balaban J connectivity index is 1.84. The van der Waals surface area contributed by atoms with Crippen molar-refractivity contribution in [2.24, 2.45) is 11.8 Å². The lowest BCUT2D eigenvalue weighted by molar-refractivity contribution is 0.0951. The Morgan fingerprint density at radius 1 is 1.21 bits per heavy atom. The zero-order valence-electron chi connectivity index (χ0n) is 17.9. The molecular weight excluding hydrogens is 352 g/mol. The van der Waals surface area contributed by atoms with Gasteiger partial charge in [0, 0.05) is 30.8 Å². The maximum atomic E-state index is 12.6. The van der Waals surface area contributed by atoms with E-state index in [1.54, 1.807) is 26.4 Å². The van der Waals surface area contributed by atoms with E-state index in [4.69, 9.17) is 9.47 Å². The van der Waals surface area contributed by atoms with Crippen LogP contribution >= 0.6 is 0 Å². The topological polar surface area (TPSA) is 50.8 Å². The molecule has 1 amide bonds. The zero-order valence-corrected chi connectivity index (χ0v) is 17.9. The molecule has 1 N–H and O–H groups in total. The molecule has 2 atom stereocenters. The lowest BCUT2D eigenvalue weighted by Gasteiger charge is -2.34. The molecule has 1 heterocycles. The highest BCUT2D eigenvalue weighted by Gasteiger charge is 2.21. The number of carbonyl (C=O) groups is 1. The van der Waals surface area contributed by atoms with Crippen LogP contribution in [0.2, 0.25) is 0 Å². The van der Waals surface area contributed by atoms with E-state index in [1.807, 2.05) is 6.07 Å². The summed E-state index contributed by atoms with van der Waals surface area (Å²) in [6, 6.07) is 3.59. The molecule has 1 fully saturated rings. The highest BCUT2D eigenvalue weighted by atomic mass is 16.5. The molecule has 28 heavy (non-hydrogen) atoms. The molecule has 1 aromatic rings. The number of carbonyl (C=O) groups excluding carboxylic acids is 1. The second-order valence-electron chi connectivity index (χ2n) is 8.03. The van der Waals surface area contributed by atoms with E-state index in [2.05, 4.69) is 30.6 Å². The molecule has 0 aromatic heterocycles. The maximum Gasteiger partial charge on any atom is 0.251 e. The second-order valence-corrected chi connectivity index (χ2v) is 8.03. The van der Waals surface area contributed by atoms with E-state index in [1.165, 1.54) is 19.5 Å². The number of nitrogens with one attached hydrogen (secondary N) is 1. The summed E-state index contributed by atoms with van der Waals surface area (Å²) >= 11 is 0. The van der Waals surface area contributed by atoms with Gasteiger partial charge in [-0.05, 0) is 56.2 Å². The first-order valence-electron chi connectivity index (χ1n) is 10.3. The fourth-order valence-corrected chi connectivity index (χ4v) is 4.22. The minimum atomic E-state index is -0.0773. The molecule has 0 radical (unpaired) electrons. The lowest BCUT2D eigenvalue weighted by Crippen LogP contribution is -2.39. The van der Waals surface area contributed by atoms with Gasteiger partial charge >= 0.3 is 0 Å². The lowest BCUT2D eigenvalue weighted by atomic mass is 9.92. The number of hydrogen-bond acceptors (Lipinski definition) is 4. The number of rotatable bonds is 10. The van der Waals surface area contributed by atoms with Gasteiger partial charge in [-0.1, -0.05) is 19.9 Å². The fraction of sp³-hybridized carbons (Fsp3) is 0.609. The van der Waals surface area contributed by atoms with E-state index in [-0.39, 0.29) is 5.91 Å². The van der Waals surface area contributed by atoms with Crippen molar-refractivity contribution in [1.82, 2.24) is 10.2 Å². The van der Waals surface area contributed by atoms with Crippen LogP contribution < -0.4 is 14.8 Å². The summed E-state index contributed by atoms with van der Waals surface area (Å²) in [6.07, 6.45) is 5.84. The van der Waals surface area contributed by atoms with Crippen LogP contribution in [0.3, 0.4) is 0 Å². The first-order chi connectivity index (χ1) is 13.5. The number of ether oxygens (including phenoxy) is 2. The summed E-state index contributed by atoms with van der Waals surface area (Å²) in [6.45, 7) is 12.7. The van der Waals surface area contributed by atoms with Gasteiger partial charge in [-0.2, -0.15) is 0 Å². The quantitative estimate of drug-likeness (QED) is 0.488. The first kappa shape index (κ1) is 22.3. The van der Waals surface area contributed by atoms with Gasteiger partial charge in [-0.25, -0.2) is 0 Å². The van der Waals surface area contributed by atoms with Gasteiger partial charge in [-0.15, -0.1) is 6.58 Å². The average Bonchev–Trinajstić information content (AvgIpc) is 2.66. The molecule has 0 saturated carbocycles. The van der Waals surface area contributed by atoms with Gasteiger partial charge in [0.2, 0.25) is 0 Å². The molecule has 1 aliphatic heterocycles. The van der Waals surface area contributed by atoms with Gasteiger partial charge in [0.15, 0.2) is 11.5 Å². The van der Waals surface area contributed by atoms with Crippen molar-refractivity contribution in [3.8, 4) is 11.5 Å². The molecule has 1 saturated heterocycles. The fourth-order valence-electron chi connectivity index (χ4n) is 4.22. The van der Waals surface area contributed by atoms with Crippen molar-refractivity contribution in [2.45, 2.75) is 39.5 Å². The smallest absolute Gasteiger partial charge is 0.251 e. The van der Waals surface area contributed by atoms with Gasteiger partial charge in [0.25, 0.3) is 5.91 Å². The Morgan fingerprint density at radius 3 is 2.54 bits per heavy atom. The third-order valence-corrected chi connectivity index (χ3v) is 5.31. The van der Waals surface area contributed by atoms with Crippen molar-refractivity contribution in [2.75, 3.05) is 40.4 Å². The van der Waals surface area contributed by atoms with Crippen molar-refractivity contribution >= 4 is 5.91 Å². The van der Waals surface area contributed by atoms with E-state index < -0.39 is 0 Å². The van der Waals surface area contributed by atoms with Crippen LogP contribution in [0.1, 0.15) is 49.0 Å². The second kappa shape index (κ2) is 11.1. The first-order valence-corrected chi connectivity index (χ1v) is 10.3. The van der Waals surface area contributed by atoms with Crippen molar-refractivity contribution < 1.29 is 14.3 Å². The number of nitrogens with zero attached hydrogens (tertiary/aromatic N) is 1. The van der Waals surface area contributed by atoms with E-state index >= 15 is 0 Å². The van der Waals surface area contributed by atoms with Crippen molar-refractivity contribution in [3.05, 3.63) is 35.9 Å². The van der Waals surface area contributed by atoms with Crippen LogP contribution in [0.5, 0.6) is 11.5 Å². The SMILES string of the molecule is C=CCc1cc(C(=O)NCCCCN2CC(C)CC(C)C2)cc(OC)c1OC. The zero-order chi connectivity index (χ0) is 20.5. The molecule has 0 aliphatic carbocycles. The van der Waals surface area contributed by atoms with Crippen LogP contribution in [0.25, 0.3) is 0 Å². The maximum absolute atomic E-state index is 12.6. The van der Waals surface area contributed by atoms with Crippen LogP contribution in [-0.2, 0) is 6.42 Å². The minimum Gasteiger partial charge on any atom is -0.493 e. The monoisotopic (exact) mass is 388 g/mol. The number of methoxy groups -OCH3 is 2. The summed E-state index contributed by atoms with van der Waals surface area (Å²) in [7, 11) is 3.19. The number of likely N-dealkylation sites (tertiary alicyclic amines) is 1. The molecule has 5 nitrogen and oxygen atoms in total. The molecule has 1 aromatic carbocycles. The van der Waals surface area contributed by atoms with Gasteiger partial charge in [-0.3, -0.25) is 4.79 Å². The number of hydrogen-bond donors (Lipinski definition) is 1. The molecule has 5 heteroatoms. The van der Waals surface area contributed by atoms with Crippen LogP contribution in [0.4, 0.5) is 0 Å². The molecule has 2 unspecified atom stereocenters. The highest BCUT2D eigenvalue weighted by molar-refractivity contribution is 5.95. The number of piperidine rings is 1. The molecular formula is C23H36N2O3. The van der Waals surface area contributed by atoms with Gasteiger partial charge in [0.05, 0.1) is 14.2 Å². The predicted molar refractivity (Wildman–Crippen MR) is 114 cm³/mol. The Bertz CT molecular complexity index is 649. The average molecular weight is 389 g/mol. The third-order valence-electron chi connectivity index (χ3n) is 5.31. The van der Waals surface area contributed by atoms with Gasteiger partial charge in [0.1, 0.15) is 0 Å². The normalized spacial score (nSPS) is 19.9. The van der Waals surface area contributed by atoms with Crippen LogP contribution in [-0.4, -0.2) is 51.2 Å². The molecule has 1 aliphatic rings. The highest BCUT2D eigenvalue weighted by Crippen LogP contribution is 2.33. The summed E-state index contributed by atoms with van der Waals surface area (Å²) in [5, 5.41) is 3.03. The predicted octanol–water partition coefficient (Wildman–Crippen LogP) is 3.92. The Hall–Kier alpha value is -2.01. The Morgan fingerprint density at radius 2 is 1.93 bits per heavy atom. The molecule has 0 bridgehead atoms. The molecule has 156 valence electrons. The number of benzene rings is 1. The number of allylic oxidation sites excluding steroid dienone is 1. The summed E-state index contributed by atoms with van der Waals surface area (Å²) < 4.78 is 10.8. The van der Waals surface area contributed by atoms with Crippen LogP contribution in [0.15, 0.2) is 24.8 Å². The summed E-state index contributed by atoms with van der Waals surface area (Å²) in [5.74, 6) is 2.73. The molecule has 0 spiro atoms. The van der Waals surface area contributed by atoms with E-state index in [0.717, 1.165) is 36.8 Å². The number of unbranched alkanes of at least 4 members (excludes halogenated alkanes) is 1. The van der Waals surface area contributed by atoms with Crippen molar-refractivity contribution in [1.29, 1.82) is 0 Å². The van der Waals surface area contributed by atoms with Gasteiger partial charge < -0.3 is 19.7 Å². The van der Waals surface area contributed by atoms with Crippen LogP contribution in [0, 0.1) is 11.8 Å². The molecule has 2 rings (SSSR count). The van der Waals surface area contributed by atoms with E-state index in [9.17, 15) is 4.79 Å². The standard InChI is InChI=1S/C23H36N2O3/c1-6-9-19-13-20(14-21(27-4)22(19)28-5)23(26)24-10-7-8-11-25-15-17(2)12-18(3)16-25/h6,13-14,17-18H,1,7-12,15-16H2,2-5H3,(H,24,26). The summed E-state index contributed by atoms with van der Waals surface area (Å²) in [4.78, 5) is 15.1. The van der Waals surface area contributed by atoms with Crippen molar-refractivity contribution in [3.63, 3.8) is 0 Å². The summed E-state index contributed by atoms with van der Waals surface area (Å²) in [5.41, 5.74) is 1.49. The largest absolute Gasteiger partial charge is 0.493 e. The Labute approximate surface area is 170 Å². The third kappa shape index (κ3) is 6.26. The minimum absolute atomic E-state index is 0.0773.